The summed E-state index contributed by atoms with van der Waals surface area (Å²) in [6.07, 6.45) is 4.21. The van der Waals surface area contributed by atoms with Crippen LogP contribution < -0.4 is 10.5 Å². The van der Waals surface area contributed by atoms with Gasteiger partial charge in [-0.3, -0.25) is 9.52 Å². The number of nitrogens with two attached hydrogens (primary N) is 1. The number of primary amides is 1. The van der Waals surface area contributed by atoms with E-state index < -0.39 is 20.7 Å². The van der Waals surface area contributed by atoms with Crippen LogP contribution in [0.4, 0.5) is 10.2 Å². The summed E-state index contributed by atoms with van der Waals surface area (Å²) in [6.45, 7) is 8.79. The Labute approximate surface area is 199 Å². The van der Waals surface area contributed by atoms with Gasteiger partial charge in [0.05, 0.1) is 21.5 Å². The van der Waals surface area contributed by atoms with Crippen LogP contribution in [0.3, 0.4) is 0 Å². The zero-order chi connectivity index (χ0) is 25.0. The van der Waals surface area contributed by atoms with Gasteiger partial charge in [0.25, 0.3) is 5.91 Å². The molecule has 0 unspecified atom stereocenters. The lowest BCUT2D eigenvalue weighted by Crippen LogP contribution is -2.33. The number of hydrogen-bond donors (Lipinski definition) is 2. The highest BCUT2D eigenvalue weighted by atomic mass is 32.2. The Morgan fingerprint density at radius 1 is 1.29 bits per heavy atom. The molecule has 2 heterocycles. The average Bonchev–Trinajstić information content (AvgIpc) is 3.54. The second-order valence-corrected chi connectivity index (χ2v) is 12.4. The van der Waals surface area contributed by atoms with E-state index in [2.05, 4.69) is 21.2 Å². The average molecular weight is 487 g/mol. The number of fused-ring (bicyclic) bond motifs is 1. The summed E-state index contributed by atoms with van der Waals surface area (Å²) in [7, 11) is -3.64. The molecule has 1 amide bonds. The fourth-order valence-corrected chi connectivity index (χ4v) is 4.98. The number of sulfonamides is 1. The Morgan fingerprint density at radius 2 is 1.97 bits per heavy atom. The molecule has 1 aromatic carbocycles. The monoisotopic (exact) mass is 486 g/mol. The first-order valence-corrected chi connectivity index (χ1v) is 13.0. The Morgan fingerprint density at radius 3 is 2.47 bits per heavy atom. The number of anilines is 1. The van der Waals surface area contributed by atoms with Crippen molar-refractivity contribution in [2.45, 2.75) is 64.7 Å². The molecule has 3 N–H and O–H groups in total. The Balaban J connectivity index is 1.92. The van der Waals surface area contributed by atoms with Gasteiger partial charge < -0.3 is 10.3 Å². The molecule has 1 aliphatic carbocycles. The van der Waals surface area contributed by atoms with Gasteiger partial charge in [-0.1, -0.05) is 6.92 Å². The summed E-state index contributed by atoms with van der Waals surface area (Å²) in [4.78, 5) is 16.9. The zero-order valence-electron chi connectivity index (χ0n) is 20.1. The van der Waals surface area contributed by atoms with Gasteiger partial charge in [-0.05, 0) is 82.7 Å². The highest BCUT2D eigenvalue weighted by molar-refractivity contribution is 7.94. The van der Waals surface area contributed by atoms with Crippen molar-refractivity contribution in [1.29, 1.82) is 0 Å². The van der Waals surface area contributed by atoms with Gasteiger partial charge in [-0.25, -0.2) is 17.8 Å². The normalized spacial score (nSPS) is 15.5. The van der Waals surface area contributed by atoms with E-state index in [9.17, 15) is 17.6 Å². The largest absolute Gasteiger partial charge is 0.366 e. The molecule has 182 valence electrons. The van der Waals surface area contributed by atoms with Gasteiger partial charge in [-0.15, -0.1) is 0 Å². The molecule has 9 heteroatoms. The fraction of sp³-hybridized carbons (Fsp3) is 0.440. The molecule has 1 aliphatic rings. The lowest BCUT2D eigenvalue weighted by molar-refractivity contribution is 0.100. The zero-order valence-corrected chi connectivity index (χ0v) is 21.0. The number of aromatic nitrogens is 2. The molecule has 34 heavy (non-hydrogen) atoms. The highest BCUT2D eigenvalue weighted by Gasteiger charge is 2.34. The molecular formula is C25H31FN4O3S. The van der Waals surface area contributed by atoms with Crippen LogP contribution in [0.1, 0.15) is 69.4 Å². The standard InChI is InChI=1S/C25H31FN4O3S/c1-6-15-11-20-18(12-19(15)26)22(24(27)31)23(30(20)14(2)16-7-8-16)17-9-10-21(28-13-17)29-34(32,33)25(3,4)5/h9-14,16H,6-8H2,1-5H3,(H2,27,31)(H,28,29)/t14-/m0/s1. The molecule has 1 saturated carbocycles. The first-order chi connectivity index (χ1) is 15.9. The maximum Gasteiger partial charge on any atom is 0.251 e. The lowest BCUT2D eigenvalue weighted by Gasteiger charge is -2.21. The van der Waals surface area contributed by atoms with E-state index in [0.29, 0.717) is 34.5 Å². The SMILES string of the molecule is CCc1cc2c(cc1F)c(C(N)=O)c(-c1ccc(NS(=O)(=O)C(C)(C)C)nc1)n2[C@@H](C)C1CC1. The summed E-state index contributed by atoms with van der Waals surface area (Å²) in [6, 6.07) is 6.54. The summed E-state index contributed by atoms with van der Waals surface area (Å²) in [5.41, 5.74) is 8.58. The second kappa shape index (κ2) is 8.37. The fourth-order valence-electron chi connectivity index (χ4n) is 4.27. The summed E-state index contributed by atoms with van der Waals surface area (Å²) < 4.78 is 43.3. The number of nitrogens with one attached hydrogen (secondary N) is 1. The number of nitrogens with zero attached hydrogens (tertiary/aromatic N) is 2. The second-order valence-electron chi connectivity index (χ2n) is 10.0. The van der Waals surface area contributed by atoms with E-state index in [-0.39, 0.29) is 23.2 Å². The van der Waals surface area contributed by atoms with Crippen molar-refractivity contribution in [1.82, 2.24) is 9.55 Å². The Bertz CT molecular complexity index is 1370. The van der Waals surface area contributed by atoms with Crippen LogP contribution in [0.25, 0.3) is 22.2 Å². The van der Waals surface area contributed by atoms with Gasteiger partial charge in [0, 0.05) is 23.2 Å². The molecule has 0 radical (unpaired) electrons. The number of carbonyl (C=O) groups excluding carboxylic acids is 1. The Hall–Kier alpha value is -2.94. The number of pyridine rings is 1. The van der Waals surface area contributed by atoms with Crippen LogP contribution in [0.5, 0.6) is 0 Å². The van der Waals surface area contributed by atoms with Crippen LogP contribution in [0, 0.1) is 11.7 Å². The van der Waals surface area contributed by atoms with E-state index in [1.807, 2.05) is 6.92 Å². The van der Waals surface area contributed by atoms with E-state index in [1.54, 1.807) is 39.0 Å². The van der Waals surface area contributed by atoms with Crippen LogP contribution in [0.15, 0.2) is 30.5 Å². The number of halogens is 1. The molecule has 0 aliphatic heterocycles. The van der Waals surface area contributed by atoms with Gasteiger partial charge in [0.2, 0.25) is 10.0 Å². The molecular weight excluding hydrogens is 455 g/mol. The van der Waals surface area contributed by atoms with Crippen LogP contribution in [0.2, 0.25) is 0 Å². The topological polar surface area (TPSA) is 107 Å². The number of hydrogen-bond acceptors (Lipinski definition) is 4. The lowest BCUT2D eigenvalue weighted by atomic mass is 10.0. The van der Waals surface area contributed by atoms with Crippen molar-refractivity contribution < 1.29 is 17.6 Å². The molecule has 0 bridgehead atoms. The molecule has 2 aromatic heterocycles. The first kappa shape index (κ1) is 24.2. The number of benzene rings is 1. The summed E-state index contributed by atoms with van der Waals surface area (Å²) in [5.74, 6) is -0.388. The van der Waals surface area contributed by atoms with Gasteiger partial charge >= 0.3 is 0 Å². The quantitative estimate of drug-likeness (QED) is 0.489. The predicted molar refractivity (Wildman–Crippen MR) is 133 cm³/mol. The third-order valence-corrected chi connectivity index (χ3v) is 8.68. The van der Waals surface area contributed by atoms with Crippen molar-refractivity contribution in [2.75, 3.05) is 4.72 Å². The maximum absolute atomic E-state index is 14.7. The van der Waals surface area contributed by atoms with Crippen molar-refractivity contribution in [3.8, 4) is 11.3 Å². The minimum Gasteiger partial charge on any atom is -0.366 e. The minimum absolute atomic E-state index is 0.0693. The smallest absolute Gasteiger partial charge is 0.251 e. The summed E-state index contributed by atoms with van der Waals surface area (Å²) in [5, 5.41) is 0.474. The number of amides is 1. The van der Waals surface area contributed by atoms with Crippen molar-refractivity contribution in [2.24, 2.45) is 11.7 Å². The third kappa shape index (κ3) is 4.17. The van der Waals surface area contributed by atoms with Crippen LogP contribution in [-0.2, 0) is 16.4 Å². The molecule has 1 fully saturated rings. The molecule has 0 spiro atoms. The van der Waals surface area contributed by atoms with E-state index in [1.165, 1.54) is 12.3 Å². The minimum atomic E-state index is -3.64. The number of aryl methyl sites for hydroxylation is 1. The van der Waals surface area contributed by atoms with Crippen molar-refractivity contribution >= 4 is 32.7 Å². The van der Waals surface area contributed by atoms with Gasteiger partial charge in [-0.2, -0.15) is 0 Å². The number of carbonyl (C=O) groups is 1. The van der Waals surface area contributed by atoms with Crippen molar-refractivity contribution in [3.63, 3.8) is 0 Å². The highest BCUT2D eigenvalue weighted by Crippen LogP contribution is 2.45. The summed E-state index contributed by atoms with van der Waals surface area (Å²) >= 11 is 0. The molecule has 0 saturated heterocycles. The number of rotatable bonds is 7. The first-order valence-electron chi connectivity index (χ1n) is 11.5. The van der Waals surface area contributed by atoms with Crippen molar-refractivity contribution in [3.05, 3.63) is 47.4 Å². The van der Waals surface area contributed by atoms with E-state index in [0.717, 1.165) is 18.4 Å². The predicted octanol–water partition coefficient (Wildman–Crippen LogP) is 5.01. The van der Waals surface area contributed by atoms with Gasteiger partial charge in [0.1, 0.15) is 11.6 Å². The molecule has 4 rings (SSSR count). The third-order valence-electron chi connectivity index (χ3n) is 6.59. The molecule has 1 atom stereocenters. The molecule has 3 aromatic rings. The van der Waals surface area contributed by atoms with E-state index in [4.69, 9.17) is 5.73 Å². The molecule has 7 nitrogen and oxygen atoms in total. The maximum atomic E-state index is 14.7. The van der Waals surface area contributed by atoms with Crippen LogP contribution >= 0.6 is 0 Å². The van der Waals surface area contributed by atoms with Crippen LogP contribution in [-0.4, -0.2) is 28.6 Å². The van der Waals surface area contributed by atoms with E-state index >= 15 is 0 Å². The van der Waals surface area contributed by atoms with Gasteiger partial charge in [0.15, 0.2) is 0 Å². The Kier molecular flexibility index (Phi) is 5.96.